The van der Waals surface area contributed by atoms with Crippen LogP contribution in [0.5, 0.6) is 0 Å². The van der Waals surface area contributed by atoms with Crippen molar-refractivity contribution in [2.75, 3.05) is 18.6 Å². The number of thioether (sulfide) groups is 1. The Balaban J connectivity index is 2.10. The molecule has 102 valence electrons. The number of rotatable bonds is 6. The first-order valence-corrected chi connectivity index (χ1v) is 8.18. The minimum Gasteiger partial charge on any atom is -0.342 e. The van der Waals surface area contributed by atoms with E-state index in [0.717, 1.165) is 31.4 Å². The second kappa shape index (κ2) is 5.95. The number of piperazine rings is 1. The monoisotopic (exact) mass is 270 g/mol. The van der Waals surface area contributed by atoms with E-state index >= 15 is 0 Å². The number of carbonyl (C=O) groups is 2. The fourth-order valence-electron chi connectivity index (χ4n) is 2.60. The van der Waals surface area contributed by atoms with Crippen LogP contribution in [0.1, 0.15) is 32.6 Å². The molecule has 0 bridgehead atoms. The first-order valence-electron chi connectivity index (χ1n) is 6.78. The van der Waals surface area contributed by atoms with Crippen LogP contribution in [-0.2, 0) is 9.59 Å². The van der Waals surface area contributed by atoms with E-state index in [1.54, 1.807) is 11.8 Å². The number of amides is 2. The summed E-state index contributed by atoms with van der Waals surface area (Å²) in [7, 11) is 0. The Morgan fingerprint density at radius 2 is 2.11 bits per heavy atom. The molecule has 0 aromatic carbocycles. The highest BCUT2D eigenvalue weighted by Crippen LogP contribution is 2.37. The van der Waals surface area contributed by atoms with Crippen LogP contribution in [0.15, 0.2) is 0 Å². The summed E-state index contributed by atoms with van der Waals surface area (Å²) in [6.07, 6.45) is 5.86. The molecule has 2 rings (SSSR count). The van der Waals surface area contributed by atoms with Crippen molar-refractivity contribution in [3.8, 4) is 0 Å². The summed E-state index contributed by atoms with van der Waals surface area (Å²) in [6.45, 7) is 2.74. The van der Waals surface area contributed by atoms with Gasteiger partial charge in [-0.05, 0) is 31.4 Å². The van der Waals surface area contributed by atoms with Gasteiger partial charge >= 0.3 is 0 Å². The summed E-state index contributed by atoms with van der Waals surface area (Å²) in [5, 5.41) is 2.91. The number of hydrogen-bond donors (Lipinski definition) is 1. The third-order valence-corrected chi connectivity index (χ3v) is 4.28. The van der Waals surface area contributed by atoms with E-state index in [1.165, 1.54) is 0 Å². The minimum atomic E-state index is -0.292. The van der Waals surface area contributed by atoms with E-state index in [0.29, 0.717) is 12.5 Å². The van der Waals surface area contributed by atoms with Gasteiger partial charge in [-0.1, -0.05) is 13.3 Å². The molecule has 0 aromatic rings. The highest BCUT2D eigenvalue weighted by atomic mass is 32.2. The van der Waals surface area contributed by atoms with Gasteiger partial charge in [0.25, 0.3) is 0 Å². The first kappa shape index (κ1) is 13.7. The Morgan fingerprint density at radius 3 is 2.67 bits per heavy atom. The largest absolute Gasteiger partial charge is 0.342 e. The lowest BCUT2D eigenvalue weighted by Gasteiger charge is -2.39. The minimum absolute atomic E-state index is 0.0663. The topological polar surface area (TPSA) is 49.4 Å². The van der Waals surface area contributed by atoms with Crippen molar-refractivity contribution in [3.05, 3.63) is 0 Å². The smallest absolute Gasteiger partial charge is 0.245 e. The van der Waals surface area contributed by atoms with Gasteiger partial charge in [0.1, 0.15) is 12.1 Å². The summed E-state index contributed by atoms with van der Waals surface area (Å²) in [6, 6.07) is -0.489. The standard InChI is InChI=1S/C13H22N2O2S/c1-3-4-10-13(17)15(7-8-18-2)11(9-5-6-9)12(16)14-10/h9-11H,3-8H2,1-2H3,(H,14,16). The van der Waals surface area contributed by atoms with Crippen LogP contribution in [0.25, 0.3) is 0 Å². The molecule has 0 radical (unpaired) electrons. The van der Waals surface area contributed by atoms with Gasteiger partial charge in [0.05, 0.1) is 0 Å². The summed E-state index contributed by atoms with van der Waals surface area (Å²) in [5.41, 5.74) is 0. The lowest BCUT2D eigenvalue weighted by Crippen LogP contribution is -2.64. The van der Waals surface area contributed by atoms with Crippen LogP contribution < -0.4 is 5.32 Å². The van der Waals surface area contributed by atoms with E-state index in [9.17, 15) is 9.59 Å². The Kier molecular flexibility index (Phi) is 4.54. The maximum atomic E-state index is 12.4. The Labute approximate surface area is 113 Å². The zero-order valence-corrected chi connectivity index (χ0v) is 12.0. The van der Waals surface area contributed by atoms with Crippen molar-refractivity contribution in [1.29, 1.82) is 0 Å². The summed E-state index contributed by atoms with van der Waals surface area (Å²) in [4.78, 5) is 26.4. The van der Waals surface area contributed by atoms with Gasteiger partial charge in [-0.3, -0.25) is 9.59 Å². The van der Waals surface area contributed by atoms with Gasteiger partial charge in [0.2, 0.25) is 11.8 Å². The third kappa shape index (κ3) is 2.82. The maximum Gasteiger partial charge on any atom is 0.245 e. The van der Waals surface area contributed by atoms with Gasteiger partial charge in [0, 0.05) is 12.3 Å². The molecular formula is C13H22N2O2S. The molecule has 2 aliphatic rings. The molecule has 5 heteroatoms. The summed E-state index contributed by atoms with van der Waals surface area (Å²) in [5.74, 6) is 1.50. The predicted molar refractivity (Wildman–Crippen MR) is 73.4 cm³/mol. The van der Waals surface area contributed by atoms with Crippen LogP contribution in [0.4, 0.5) is 0 Å². The van der Waals surface area contributed by atoms with Crippen molar-refractivity contribution >= 4 is 23.6 Å². The third-order valence-electron chi connectivity index (χ3n) is 3.68. The lowest BCUT2D eigenvalue weighted by molar-refractivity contribution is -0.150. The fraction of sp³-hybridized carbons (Fsp3) is 0.846. The molecule has 2 atom stereocenters. The predicted octanol–water partition coefficient (Wildman–Crippen LogP) is 1.26. The second-order valence-electron chi connectivity index (χ2n) is 5.16. The average Bonchev–Trinajstić information content (AvgIpc) is 3.16. The van der Waals surface area contributed by atoms with Crippen LogP contribution in [0.3, 0.4) is 0 Å². The molecule has 2 unspecified atom stereocenters. The lowest BCUT2D eigenvalue weighted by atomic mass is 10.0. The van der Waals surface area contributed by atoms with Crippen LogP contribution in [0.2, 0.25) is 0 Å². The molecule has 1 aliphatic carbocycles. The zero-order chi connectivity index (χ0) is 13.1. The zero-order valence-electron chi connectivity index (χ0n) is 11.1. The molecule has 18 heavy (non-hydrogen) atoms. The SMILES string of the molecule is CCCC1NC(=O)C(C2CC2)N(CCSC)C1=O. The normalized spacial score (nSPS) is 28.4. The Bertz CT molecular complexity index is 331. The molecule has 4 nitrogen and oxygen atoms in total. The number of nitrogens with one attached hydrogen (secondary N) is 1. The van der Waals surface area contributed by atoms with Gasteiger partial charge in [-0.15, -0.1) is 0 Å². The second-order valence-corrected chi connectivity index (χ2v) is 6.14. The maximum absolute atomic E-state index is 12.4. The fourth-order valence-corrected chi connectivity index (χ4v) is 2.98. The molecule has 1 saturated heterocycles. The number of hydrogen-bond acceptors (Lipinski definition) is 3. The highest BCUT2D eigenvalue weighted by molar-refractivity contribution is 7.98. The molecule has 2 amide bonds. The molecule has 1 aliphatic heterocycles. The van der Waals surface area contributed by atoms with Crippen molar-refractivity contribution in [1.82, 2.24) is 10.2 Å². The molecule has 1 N–H and O–H groups in total. The summed E-state index contributed by atoms with van der Waals surface area (Å²) < 4.78 is 0. The average molecular weight is 270 g/mol. The molecular weight excluding hydrogens is 248 g/mol. The quantitative estimate of drug-likeness (QED) is 0.790. The Hall–Kier alpha value is -0.710. The number of carbonyl (C=O) groups excluding carboxylic acids is 2. The summed E-state index contributed by atoms with van der Waals surface area (Å²) >= 11 is 1.72. The molecule has 2 fully saturated rings. The van der Waals surface area contributed by atoms with E-state index in [4.69, 9.17) is 0 Å². The van der Waals surface area contributed by atoms with E-state index in [2.05, 4.69) is 5.32 Å². The van der Waals surface area contributed by atoms with Crippen LogP contribution in [0, 0.1) is 5.92 Å². The van der Waals surface area contributed by atoms with Crippen molar-refractivity contribution in [2.45, 2.75) is 44.7 Å². The molecule has 1 saturated carbocycles. The van der Waals surface area contributed by atoms with E-state index in [1.807, 2.05) is 18.1 Å². The van der Waals surface area contributed by atoms with Crippen molar-refractivity contribution < 1.29 is 9.59 Å². The van der Waals surface area contributed by atoms with Crippen molar-refractivity contribution in [3.63, 3.8) is 0 Å². The van der Waals surface area contributed by atoms with E-state index < -0.39 is 0 Å². The molecule has 0 aromatic heterocycles. The highest BCUT2D eigenvalue weighted by Gasteiger charge is 2.47. The van der Waals surface area contributed by atoms with Crippen molar-refractivity contribution in [2.24, 2.45) is 5.92 Å². The first-order chi connectivity index (χ1) is 8.69. The van der Waals surface area contributed by atoms with Gasteiger partial charge < -0.3 is 10.2 Å². The van der Waals surface area contributed by atoms with Gasteiger partial charge in [-0.2, -0.15) is 11.8 Å². The molecule has 1 heterocycles. The van der Waals surface area contributed by atoms with Gasteiger partial charge in [-0.25, -0.2) is 0 Å². The Morgan fingerprint density at radius 1 is 1.39 bits per heavy atom. The van der Waals surface area contributed by atoms with Crippen LogP contribution >= 0.6 is 11.8 Å². The number of nitrogens with zero attached hydrogens (tertiary/aromatic N) is 1. The molecule has 0 spiro atoms. The van der Waals surface area contributed by atoms with Gasteiger partial charge in [0.15, 0.2) is 0 Å². The van der Waals surface area contributed by atoms with Crippen LogP contribution in [-0.4, -0.2) is 47.4 Å². The van der Waals surface area contributed by atoms with E-state index in [-0.39, 0.29) is 23.9 Å².